The van der Waals surface area contributed by atoms with E-state index in [4.69, 9.17) is 4.74 Å². The molecular formula is C10H14O3. The van der Waals surface area contributed by atoms with Crippen LogP contribution in [-0.2, 0) is 9.47 Å². The van der Waals surface area contributed by atoms with E-state index in [9.17, 15) is 4.79 Å². The molecule has 0 aliphatic rings. The maximum absolute atomic E-state index is 10.7. The van der Waals surface area contributed by atoms with E-state index in [2.05, 4.69) is 11.3 Å². The molecule has 0 saturated carbocycles. The van der Waals surface area contributed by atoms with Crippen LogP contribution in [-0.4, -0.2) is 13.3 Å². The molecule has 0 rings (SSSR count). The van der Waals surface area contributed by atoms with E-state index in [-0.39, 0.29) is 0 Å². The second kappa shape index (κ2) is 7.16. The van der Waals surface area contributed by atoms with E-state index < -0.39 is 6.16 Å². The molecule has 0 aliphatic heterocycles. The van der Waals surface area contributed by atoms with Crippen LogP contribution >= 0.6 is 0 Å². The molecular weight excluding hydrogens is 168 g/mol. The van der Waals surface area contributed by atoms with Crippen molar-refractivity contribution >= 4 is 6.16 Å². The van der Waals surface area contributed by atoms with Gasteiger partial charge in [0.1, 0.15) is 5.76 Å². The standard InChI is InChI=1S/C10H14O3/c1-4-6-8-9(7-5-2)13-10(11)12-3/h5-8H,2,4H2,1,3H3/b8-6-,9-7+. The van der Waals surface area contributed by atoms with Gasteiger partial charge in [0.25, 0.3) is 0 Å². The first-order valence-corrected chi connectivity index (χ1v) is 3.99. The van der Waals surface area contributed by atoms with Crippen LogP contribution in [0.25, 0.3) is 0 Å². The summed E-state index contributed by atoms with van der Waals surface area (Å²) in [5, 5.41) is 0. The molecule has 0 bridgehead atoms. The van der Waals surface area contributed by atoms with Crippen molar-refractivity contribution in [1.82, 2.24) is 0 Å². The number of rotatable bonds is 4. The lowest BCUT2D eigenvalue weighted by Gasteiger charge is -2.01. The number of hydrogen-bond acceptors (Lipinski definition) is 3. The van der Waals surface area contributed by atoms with Crippen LogP contribution in [0, 0.1) is 0 Å². The van der Waals surface area contributed by atoms with Crippen molar-refractivity contribution in [2.45, 2.75) is 13.3 Å². The van der Waals surface area contributed by atoms with Crippen molar-refractivity contribution in [1.29, 1.82) is 0 Å². The van der Waals surface area contributed by atoms with E-state index in [0.717, 1.165) is 6.42 Å². The number of allylic oxidation sites excluding steroid dienone is 4. The molecule has 0 saturated heterocycles. The quantitative estimate of drug-likeness (QED) is 0.381. The lowest BCUT2D eigenvalue weighted by molar-refractivity contribution is 0.0999. The van der Waals surface area contributed by atoms with Gasteiger partial charge in [-0.15, -0.1) is 0 Å². The number of methoxy groups -OCH3 is 1. The molecule has 0 spiro atoms. The number of carbonyl (C=O) groups excluding carboxylic acids is 1. The van der Waals surface area contributed by atoms with Crippen LogP contribution in [0.4, 0.5) is 4.79 Å². The molecule has 3 heteroatoms. The van der Waals surface area contributed by atoms with E-state index in [1.165, 1.54) is 13.2 Å². The Bertz CT molecular complexity index is 226. The largest absolute Gasteiger partial charge is 0.513 e. The summed E-state index contributed by atoms with van der Waals surface area (Å²) in [6.45, 7) is 5.49. The minimum atomic E-state index is -0.728. The summed E-state index contributed by atoms with van der Waals surface area (Å²) in [6.07, 6.45) is 6.84. The summed E-state index contributed by atoms with van der Waals surface area (Å²) in [5.74, 6) is 0.420. The number of hydrogen-bond donors (Lipinski definition) is 0. The fraction of sp³-hybridized carbons (Fsp3) is 0.300. The molecule has 0 aromatic carbocycles. The predicted molar refractivity (Wildman–Crippen MR) is 51.2 cm³/mol. The Balaban J connectivity index is 4.26. The Labute approximate surface area is 78.3 Å². The van der Waals surface area contributed by atoms with Gasteiger partial charge in [0.2, 0.25) is 0 Å². The zero-order chi connectivity index (χ0) is 10.1. The third-order valence-corrected chi connectivity index (χ3v) is 1.17. The summed E-state index contributed by atoms with van der Waals surface area (Å²) in [7, 11) is 1.26. The van der Waals surface area contributed by atoms with Crippen LogP contribution in [0.5, 0.6) is 0 Å². The fourth-order valence-corrected chi connectivity index (χ4v) is 0.612. The molecule has 0 amide bonds. The average Bonchev–Trinajstić information content (AvgIpc) is 2.14. The van der Waals surface area contributed by atoms with Crippen LogP contribution in [0.15, 0.2) is 36.6 Å². The summed E-state index contributed by atoms with van der Waals surface area (Å²) >= 11 is 0. The normalized spacial score (nSPS) is 11.4. The van der Waals surface area contributed by atoms with Crippen molar-refractivity contribution in [3.8, 4) is 0 Å². The van der Waals surface area contributed by atoms with Gasteiger partial charge in [-0.3, -0.25) is 0 Å². The SMILES string of the molecule is C=C/C=C(\C=C/CC)OC(=O)OC. The Morgan fingerprint density at radius 3 is 2.69 bits per heavy atom. The van der Waals surface area contributed by atoms with Gasteiger partial charge in [0.15, 0.2) is 0 Å². The topological polar surface area (TPSA) is 35.5 Å². The maximum Gasteiger partial charge on any atom is 0.513 e. The molecule has 0 unspecified atom stereocenters. The first-order chi connectivity index (χ1) is 6.24. The van der Waals surface area contributed by atoms with Gasteiger partial charge < -0.3 is 9.47 Å². The van der Waals surface area contributed by atoms with Crippen molar-refractivity contribution in [2.24, 2.45) is 0 Å². The fourth-order valence-electron chi connectivity index (χ4n) is 0.612. The van der Waals surface area contributed by atoms with E-state index in [1.54, 1.807) is 12.2 Å². The highest BCUT2D eigenvalue weighted by Gasteiger charge is 2.01. The van der Waals surface area contributed by atoms with Gasteiger partial charge in [-0.05, 0) is 18.6 Å². The molecule has 13 heavy (non-hydrogen) atoms. The Morgan fingerprint density at radius 2 is 2.23 bits per heavy atom. The Morgan fingerprint density at radius 1 is 1.54 bits per heavy atom. The minimum absolute atomic E-state index is 0.420. The molecule has 0 aromatic heterocycles. The molecule has 72 valence electrons. The van der Waals surface area contributed by atoms with Gasteiger partial charge in [-0.2, -0.15) is 0 Å². The Hall–Kier alpha value is -1.51. The first kappa shape index (κ1) is 11.5. The van der Waals surface area contributed by atoms with Crippen molar-refractivity contribution in [3.05, 3.63) is 36.6 Å². The third-order valence-electron chi connectivity index (χ3n) is 1.17. The van der Waals surface area contributed by atoms with Gasteiger partial charge in [-0.25, -0.2) is 4.79 Å². The lowest BCUT2D eigenvalue weighted by Crippen LogP contribution is -2.02. The van der Waals surface area contributed by atoms with E-state index in [1.807, 2.05) is 13.0 Å². The maximum atomic E-state index is 10.7. The summed E-state index contributed by atoms with van der Waals surface area (Å²) in [4.78, 5) is 10.7. The second-order valence-electron chi connectivity index (χ2n) is 2.17. The van der Waals surface area contributed by atoms with Crippen LogP contribution < -0.4 is 0 Å². The third kappa shape index (κ3) is 5.73. The zero-order valence-corrected chi connectivity index (χ0v) is 7.95. The average molecular weight is 182 g/mol. The number of ether oxygens (including phenoxy) is 2. The van der Waals surface area contributed by atoms with Crippen LogP contribution in [0.1, 0.15) is 13.3 Å². The highest BCUT2D eigenvalue weighted by Crippen LogP contribution is 2.02. The zero-order valence-electron chi connectivity index (χ0n) is 7.95. The molecule has 0 aromatic rings. The van der Waals surface area contributed by atoms with Gasteiger partial charge in [-0.1, -0.05) is 25.7 Å². The second-order valence-corrected chi connectivity index (χ2v) is 2.17. The van der Waals surface area contributed by atoms with Gasteiger partial charge in [0, 0.05) is 0 Å². The summed E-state index contributed by atoms with van der Waals surface area (Å²) in [6, 6.07) is 0. The summed E-state index contributed by atoms with van der Waals surface area (Å²) in [5.41, 5.74) is 0. The van der Waals surface area contributed by atoms with Crippen LogP contribution in [0.2, 0.25) is 0 Å². The minimum Gasteiger partial charge on any atom is -0.437 e. The Kier molecular flexibility index (Phi) is 6.32. The molecule has 0 fully saturated rings. The summed E-state index contributed by atoms with van der Waals surface area (Å²) < 4.78 is 9.12. The first-order valence-electron chi connectivity index (χ1n) is 3.99. The molecule has 0 N–H and O–H groups in total. The van der Waals surface area contributed by atoms with Gasteiger partial charge in [0.05, 0.1) is 7.11 Å². The van der Waals surface area contributed by atoms with Crippen molar-refractivity contribution < 1.29 is 14.3 Å². The van der Waals surface area contributed by atoms with Gasteiger partial charge >= 0.3 is 6.16 Å². The highest BCUT2D eigenvalue weighted by atomic mass is 16.7. The molecule has 3 nitrogen and oxygen atoms in total. The predicted octanol–water partition coefficient (Wildman–Crippen LogP) is 2.81. The van der Waals surface area contributed by atoms with Crippen LogP contribution in [0.3, 0.4) is 0 Å². The molecule has 0 heterocycles. The molecule has 0 radical (unpaired) electrons. The smallest absolute Gasteiger partial charge is 0.437 e. The van der Waals surface area contributed by atoms with Crippen molar-refractivity contribution in [2.75, 3.05) is 7.11 Å². The highest BCUT2D eigenvalue weighted by molar-refractivity contribution is 5.61. The monoisotopic (exact) mass is 182 g/mol. The van der Waals surface area contributed by atoms with Crippen molar-refractivity contribution in [3.63, 3.8) is 0 Å². The molecule has 0 aliphatic carbocycles. The number of carbonyl (C=O) groups is 1. The molecule has 0 atom stereocenters. The lowest BCUT2D eigenvalue weighted by atomic mass is 10.3. The van der Waals surface area contributed by atoms with E-state index in [0.29, 0.717) is 5.76 Å². The van der Waals surface area contributed by atoms with E-state index >= 15 is 0 Å².